The predicted molar refractivity (Wildman–Crippen MR) is 46.1 cm³/mol. The first-order valence-electron chi connectivity index (χ1n) is 4.58. The highest BCUT2D eigenvalue weighted by molar-refractivity contribution is 4.66. The van der Waals surface area contributed by atoms with Crippen LogP contribution in [-0.4, -0.2) is 57.3 Å². The van der Waals surface area contributed by atoms with Crippen LogP contribution in [-0.2, 0) is 4.74 Å². The molecule has 0 amide bonds. The average Bonchev–Trinajstić information content (AvgIpc) is 2.14. The zero-order valence-corrected chi connectivity index (χ0v) is 7.64. The molecule has 0 aliphatic carbocycles. The summed E-state index contributed by atoms with van der Waals surface area (Å²) in [6, 6.07) is 0. The van der Waals surface area contributed by atoms with Crippen molar-refractivity contribution in [2.45, 2.75) is 6.43 Å². The molecular formula is C8H16F2N2O. The van der Waals surface area contributed by atoms with E-state index in [0.29, 0.717) is 6.61 Å². The van der Waals surface area contributed by atoms with E-state index < -0.39 is 13.0 Å². The molecule has 0 unspecified atom stereocenters. The third-order valence-electron chi connectivity index (χ3n) is 2.01. The van der Waals surface area contributed by atoms with Crippen molar-refractivity contribution in [2.75, 3.05) is 45.9 Å². The zero-order chi connectivity index (χ0) is 9.52. The molecule has 1 heterocycles. The summed E-state index contributed by atoms with van der Waals surface area (Å²) in [5, 5.41) is 3.22. The summed E-state index contributed by atoms with van der Waals surface area (Å²) in [6.45, 7) is 4.66. The van der Waals surface area contributed by atoms with Crippen molar-refractivity contribution in [3.63, 3.8) is 0 Å². The predicted octanol–water partition coefficient (Wildman–Crippen LogP) is 0.173. The van der Waals surface area contributed by atoms with Gasteiger partial charge in [-0.2, -0.15) is 0 Å². The second-order valence-corrected chi connectivity index (χ2v) is 3.06. The lowest BCUT2D eigenvalue weighted by molar-refractivity contribution is 0.00892. The highest BCUT2D eigenvalue weighted by atomic mass is 19.3. The Balaban J connectivity index is 1.92. The first-order chi connectivity index (χ1) is 6.29. The molecule has 1 rings (SSSR count). The molecule has 0 aromatic heterocycles. The second-order valence-electron chi connectivity index (χ2n) is 3.06. The van der Waals surface area contributed by atoms with Crippen molar-refractivity contribution >= 4 is 0 Å². The molecule has 0 aromatic carbocycles. The van der Waals surface area contributed by atoms with Gasteiger partial charge in [-0.15, -0.1) is 0 Å². The van der Waals surface area contributed by atoms with Crippen LogP contribution in [0.2, 0.25) is 0 Å². The van der Waals surface area contributed by atoms with E-state index in [2.05, 4.69) is 10.2 Å². The van der Waals surface area contributed by atoms with Crippen molar-refractivity contribution in [2.24, 2.45) is 0 Å². The largest absolute Gasteiger partial charge is 0.374 e. The molecule has 1 aliphatic rings. The van der Waals surface area contributed by atoms with Crippen LogP contribution in [0.4, 0.5) is 8.78 Å². The van der Waals surface area contributed by atoms with E-state index in [1.54, 1.807) is 0 Å². The van der Waals surface area contributed by atoms with Crippen LogP contribution in [0.25, 0.3) is 0 Å². The summed E-state index contributed by atoms with van der Waals surface area (Å²) in [6.07, 6.45) is -2.34. The van der Waals surface area contributed by atoms with Gasteiger partial charge in [-0.3, -0.25) is 4.90 Å². The van der Waals surface area contributed by atoms with E-state index in [1.807, 2.05) is 0 Å². The van der Waals surface area contributed by atoms with E-state index in [0.717, 1.165) is 32.7 Å². The van der Waals surface area contributed by atoms with Crippen LogP contribution in [0.1, 0.15) is 0 Å². The lowest BCUT2D eigenvalue weighted by Crippen LogP contribution is -2.44. The van der Waals surface area contributed by atoms with Gasteiger partial charge in [0, 0.05) is 32.7 Å². The molecule has 0 saturated carbocycles. The lowest BCUT2D eigenvalue weighted by Gasteiger charge is -2.26. The van der Waals surface area contributed by atoms with Gasteiger partial charge >= 0.3 is 0 Å². The van der Waals surface area contributed by atoms with Gasteiger partial charge in [0.05, 0.1) is 6.61 Å². The molecule has 0 radical (unpaired) electrons. The Morgan fingerprint density at radius 2 is 2.00 bits per heavy atom. The Bertz CT molecular complexity index is 129. The number of ether oxygens (including phenoxy) is 1. The number of hydrogen-bond donors (Lipinski definition) is 1. The minimum atomic E-state index is -2.34. The fourth-order valence-electron chi connectivity index (χ4n) is 1.30. The van der Waals surface area contributed by atoms with Crippen LogP contribution in [0.3, 0.4) is 0 Å². The summed E-state index contributed by atoms with van der Waals surface area (Å²) in [5.41, 5.74) is 0. The van der Waals surface area contributed by atoms with Crippen LogP contribution in [0, 0.1) is 0 Å². The molecule has 78 valence electrons. The topological polar surface area (TPSA) is 24.5 Å². The van der Waals surface area contributed by atoms with Gasteiger partial charge in [-0.1, -0.05) is 0 Å². The maximum Gasteiger partial charge on any atom is 0.261 e. The van der Waals surface area contributed by atoms with Gasteiger partial charge in [0.25, 0.3) is 6.43 Å². The molecule has 1 fully saturated rings. The summed E-state index contributed by atoms with van der Waals surface area (Å²) in [5.74, 6) is 0. The SMILES string of the molecule is FC(F)COCCN1CCNCC1. The van der Waals surface area contributed by atoms with Gasteiger partial charge in [-0.25, -0.2) is 8.78 Å². The summed E-state index contributed by atoms with van der Waals surface area (Å²) in [7, 11) is 0. The number of hydrogen-bond acceptors (Lipinski definition) is 3. The molecule has 5 heteroatoms. The van der Waals surface area contributed by atoms with Crippen LogP contribution >= 0.6 is 0 Å². The summed E-state index contributed by atoms with van der Waals surface area (Å²) >= 11 is 0. The smallest absolute Gasteiger partial charge is 0.261 e. The quantitative estimate of drug-likeness (QED) is 0.632. The first kappa shape index (κ1) is 10.8. The average molecular weight is 194 g/mol. The van der Waals surface area contributed by atoms with E-state index in [-0.39, 0.29) is 0 Å². The minimum absolute atomic E-state index is 0.407. The normalized spacial score (nSPS) is 19.6. The number of nitrogens with zero attached hydrogens (tertiary/aromatic N) is 1. The number of rotatable bonds is 5. The molecule has 1 aliphatic heterocycles. The maximum absolute atomic E-state index is 11.7. The number of alkyl halides is 2. The van der Waals surface area contributed by atoms with Crippen molar-refractivity contribution in [3.8, 4) is 0 Å². The number of nitrogens with one attached hydrogen (secondary N) is 1. The molecule has 0 bridgehead atoms. The fourth-order valence-corrected chi connectivity index (χ4v) is 1.30. The minimum Gasteiger partial charge on any atom is -0.374 e. The molecule has 1 N–H and O–H groups in total. The van der Waals surface area contributed by atoms with E-state index >= 15 is 0 Å². The van der Waals surface area contributed by atoms with Gasteiger partial charge in [0.15, 0.2) is 0 Å². The van der Waals surface area contributed by atoms with Crippen molar-refractivity contribution in [1.82, 2.24) is 10.2 Å². The van der Waals surface area contributed by atoms with Crippen LogP contribution in [0.15, 0.2) is 0 Å². The van der Waals surface area contributed by atoms with E-state index in [9.17, 15) is 8.78 Å². The molecule has 0 spiro atoms. The first-order valence-corrected chi connectivity index (χ1v) is 4.58. The second kappa shape index (κ2) is 6.23. The van der Waals surface area contributed by atoms with Crippen LogP contribution < -0.4 is 5.32 Å². The van der Waals surface area contributed by atoms with E-state index in [1.165, 1.54) is 0 Å². The Morgan fingerprint density at radius 1 is 1.31 bits per heavy atom. The van der Waals surface area contributed by atoms with Gasteiger partial charge < -0.3 is 10.1 Å². The number of halogens is 2. The van der Waals surface area contributed by atoms with Gasteiger partial charge in [-0.05, 0) is 0 Å². The standard InChI is InChI=1S/C8H16F2N2O/c9-8(10)7-13-6-5-12-3-1-11-2-4-12/h8,11H,1-7H2. The zero-order valence-electron chi connectivity index (χ0n) is 7.64. The maximum atomic E-state index is 11.7. The molecule has 0 atom stereocenters. The highest BCUT2D eigenvalue weighted by Crippen LogP contribution is 1.94. The third kappa shape index (κ3) is 5.13. The molecule has 13 heavy (non-hydrogen) atoms. The van der Waals surface area contributed by atoms with Crippen molar-refractivity contribution in [3.05, 3.63) is 0 Å². The Morgan fingerprint density at radius 3 is 2.62 bits per heavy atom. The Hall–Kier alpha value is -0.260. The summed E-state index contributed by atoms with van der Waals surface area (Å²) in [4.78, 5) is 2.21. The third-order valence-corrected chi connectivity index (χ3v) is 2.01. The molecule has 3 nitrogen and oxygen atoms in total. The fraction of sp³-hybridized carbons (Fsp3) is 1.00. The molecular weight excluding hydrogens is 178 g/mol. The number of piperazine rings is 1. The van der Waals surface area contributed by atoms with E-state index in [4.69, 9.17) is 4.74 Å². The summed E-state index contributed by atoms with van der Waals surface area (Å²) < 4.78 is 28.1. The Kier molecular flexibility index (Phi) is 5.19. The van der Waals surface area contributed by atoms with Crippen LogP contribution in [0.5, 0.6) is 0 Å². The lowest BCUT2D eigenvalue weighted by atomic mass is 10.4. The molecule has 1 saturated heterocycles. The Labute approximate surface area is 77.0 Å². The highest BCUT2D eigenvalue weighted by Gasteiger charge is 2.09. The molecule has 0 aromatic rings. The van der Waals surface area contributed by atoms with Crippen molar-refractivity contribution in [1.29, 1.82) is 0 Å². The van der Waals surface area contributed by atoms with Gasteiger partial charge in [0.1, 0.15) is 6.61 Å². The monoisotopic (exact) mass is 194 g/mol. The van der Waals surface area contributed by atoms with Gasteiger partial charge in [0.2, 0.25) is 0 Å². The van der Waals surface area contributed by atoms with Crippen molar-refractivity contribution < 1.29 is 13.5 Å².